The topological polar surface area (TPSA) is 86.5 Å². The zero-order valence-electron chi connectivity index (χ0n) is 16.1. The van der Waals surface area contributed by atoms with Crippen LogP contribution in [0.25, 0.3) is 11.4 Å². The predicted octanol–water partition coefficient (Wildman–Crippen LogP) is 3.53. The number of aryl methyl sites for hydroxylation is 1. The van der Waals surface area contributed by atoms with Crippen LogP contribution in [-0.4, -0.2) is 29.3 Å². The lowest BCUT2D eigenvalue weighted by atomic mass is 10.1. The fourth-order valence-corrected chi connectivity index (χ4v) is 2.56. The normalized spacial score (nSPS) is 11.7. The number of nitrogens with one attached hydrogen (secondary N) is 1. The van der Waals surface area contributed by atoms with Gasteiger partial charge in [0.25, 0.3) is 5.91 Å². The number of nitrogens with zero attached hydrogens (tertiary/aromatic N) is 2. The third-order valence-electron chi connectivity index (χ3n) is 4.19. The Morgan fingerprint density at radius 1 is 1.11 bits per heavy atom. The number of rotatable bonds is 8. The van der Waals surface area contributed by atoms with E-state index in [4.69, 9.17) is 14.0 Å². The molecule has 0 saturated carbocycles. The van der Waals surface area contributed by atoms with E-state index >= 15 is 0 Å². The highest BCUT2D eigenvalue weighted by atomic mass is 16.5. The maximum atomic E-state index is 12.4. The van der Waals surface area contributed by atoms with Gasteiger partial charge in [-0.15, -0.1) is 0 Å². The van der Waals surface area contributed by atoms with Crippen LogP contribution in [0.15, 0.2) is 53.1 Å². The van der Waals surface area contributed by atoms with Crippen LogP contribution in [0.1, 0.15) is 24.8 Å². The van der Waals surface area contributed by atoms with Crippen LogP contribution in [0.4, 0.5) is 0 Å². The van der Waals surface area contributed by atoms with E-state index in [1.807, 2.05) is 38.1 Å². The summed E-state index contributed by atoms with van der Waals surface area (Å²) in [5.41, 5.74) is 2.02. The molecule has 0 fully saturated rings. The van der Waals surface area contributed by atoms with E-state index in [-0.39, 0.29) is 12.5 Å². The van der Waals surface area contributed by atoms with Crippen molar-refractivity contribution in [1.82, 2.24) is 15.5 Å². The fourth-order valence-electron chi connectivity index (χ4n) is 2.56. The van der Waals surface area contributed by atoms with E-state index in [2.05, 4.69) is 15.5 Å². The molecule has 0 aliphatic rings. The van der Waals surface area contributed by atoms with Crippen molar-refractivity contribution in [2.75, 3.05) is 7.11 Å². The van der Waals surface area contributed by atoms with Gasteiger partial charge in [-0.05, 0) is 37.6 Å². The summed E-state index contributed by atoms with van der Waals surface area (Å²) in [6.07, 6.45) is -0.0936. The summed E-state index contributed by atoms with van der Waals surface area (Å²) in [5.74, 6) is 1.91. The molecule has 3 aromatic rings. The van der Waals surface area contributed by atoms with Crippen molar-refractivity contribution in [3.8, 4) is 22.9 Å². The molecule has 1 heterocycles. The summed E-state index contributed by atoms with van der Waals surface area (Å²) in [7, 11) is 1.60. The highest BCUT2D eigenvalue weighted by molar-refractivity contribution is 5.81. The fraction of sp³-hybridized carbons (Fsp3) is 0.286. The summed E-state index contributed by atoms with van der Waals surface area (Å²) < 4.78 is 16.1. The lowest BCUT2D eigenvalue weighted by Crippen LogP contribution is -2.37. The average molecular weight is 381 g/mol. The van der Waals surface area contributed by atoms with E-state index in [9.17, 15) is 4.79 Å². The standard InChI is InChI=1S/C21H23N3O4/c1-4-18(27-17-11-9-16(26-3)10-12-17)21(25)22-13-19-23-20(24-28-19)15-7-5-14(2)6-8-15/h5-12,18H,4,13H2,1-3H3,(H,22,25)/t18-/m0/s1. The van der Waals surface area contributed by atoms with Gasteiger partial charge in [0.1, 0.15) is 11.5 Å². The Morgan fingerprint density at radius 2 is 1.79 bits per heavy atom. The SMILES string of the molecule is CC[C@H](Oc1ccc(OC)cc1)C(=O)NCc1nc(-c2ccc(C)cc2)no1. The molecule has 0 unspecified atom stereocenters. The molecule has 0 saturated heterocycles. The molecule has 1 atom stereocenters. The minimum Gasteiger partial charge on any atom is -0.497 e. The Bertz CT molecular complexity index is 904. The molecule has 7 heteroatoms. The minimum atomic E-state index is -0.618. The molecule has 1 N–H and O–H groups in total. The van der Waals surface area contributed by atoms with Gasteiger partial charge < -0.3 is 19.3 Å². The van der Waals surface area contributed by atoms with Gasteiger partial charge >= 0.3 is 0 Å². The van der Waals surface area contributed by atoms with Gasteiger partial charge in [-0.2, -0.15) is 4.98 Å². The second-order valence-corrected chi connectivity index (χ2v) is 6.29. The molecular weight excluding hydrogens is 358 g/mol. The van der Waals surface area contributed by atoms with Crippen LogP contribution < -0.4 is 14.8 Å². The van der Waals surface area contributed by atoms with Crippen molar-refractivity contribution < 1.29 is 18.8 Å². The van der Waals surface area contributed by atoms with Crippen LogP contribution >= 0.6 is 0 Å². The number of aromatic nitrogens is 2. The zero-order valence-corrected chi connectivity index (χ0v) is 16.1. The molecule has 28 heavy (non-hydrogen) atoms. The third-order valence-corrected chi connectivity index (χ3v) is 4.19. The maximum Gasteiger partial charge on any atom is 0.261 e. The molecule has 0 radical (unpaired) electrons. The molecule has 1 aromatic heterocycles. The van der Waals surface area contributed by atoms with E-state index in [1.54, 1.807) is 31.4 Å². The summed E-state index contributed by atoms with van der Waals surface area (Å²) >= 11 is 0. The van der Waals surface area contributed by atoms with Crippen molar-refractivity contribution in [3.05, 3.63) is 60.0 Å². The number of hydrogen-bond acceptors (Lipinski definition) is 6. The monoisotopic (exact) mass is 381 g/mol. The Hall–Kier alpha value is -3.35. The molecule has 146 valence electrons. The molecule has 0 aliphatic heterocycles. The Kier molecular flexibility index (Phi) is 6.26. The number of carbonyl (C=O) groups excluding carboxylic acids is 1. The van der Waals surface area contributed by atoms with E-state index in [0.717, 1.165) is 16.9 Å². The van der Waals surface area contributed by atoms with Crippen molar-refractivity contribution in [2.45, 2.75) is 32.9 Å². The van der Waals surface area contributed by atoms with Crippen LogP contribution in [-0.2, 0) is 11.3 Å². The number of hydrogen-bond donors (Lipinski definition) is 1. The predicted molar refractivity (Wildman–Crippen MR) is 104 cm³/mol. The minimum absolute atomic E-state index is 0.139. The molecule has 1 amide bonds. The molecule has 2 aromatic carbocycles. The summed E-state index contributed by atoms with van der Waals surface area (Å²) in [4.78, 5) is 16.8. The summed E-state index contributed by atoms with van der Waals surface area (Å²) in [6.45, 7) is 4.04. The van der Waals surface area contributed by atoms with Crippen molar-refractivity contribution >= 4 is 5.91 Å². The lowest BCUT2D eigenvalue weighted by Gasteiger charge is -2.16. The van der Waals surface area contributed by atoms with Crippen molar-refractivity contribution in [1.29, 1.82) is 0 Å². The van der Waals surface area contributed by atoms with Gasteiger partial charge in [-0.25, -0.2) is 0 Å². The first-order valence-corrected chi connectivity index (χ1v) is 9.07. The van der Waals surface area contributed by atoms with Crippen LogP contribution in [0, 0.1) is 6.92 Å². The number of methoxy groups -OCH3 is 1. The first-order valence-electron chi connectivity index (χ1n) is 9.07. The summed E-state index contributed by atoms with van der Waals surface area (Å²) in [5, 5.41) is 6.74. The molecule has 0 spiro atoms. The smallest absolute Gasteiger partial charge is 0.261 e. The first-order chi connectivity index (χ1) is 13.6. The molecular formula is C21H23N3O4. The van der Waals surface area contributed by atoms with Crippen molar-refractivity contribution in [3.63, 3.8) is 0 Å². The molecule has 7 nitrogen and oxygen atoms in total. The first kappa shape index (κ1) is 19.4. The highest BCUT2D eigenvalue weighted by Crippen LogP contribution is 2.19. The van der Waals surface area contributed by atoms with Crippen LogP contribution in [0.3, 0.4) is 0 Å². The second-order valence-electron chi connectivity index (χ2n) is 6.29. The second kappa shape index (κ2) is 9.03. The van der Waals surface area contributed by atoms with Gasteiger partial charge in [0.2, 0.25) is 11.7 Å². The van der Waals surface area contributed by atoms with Crippen molar-refractivity contribution in [2.24, 2.45) is 0 Å². The number of benzene rings is 2. The number of carbonyl (C=O) groups is 1. The van der Waals surface area contributed by atoms with E-state index < -0.39 is 6.10 Å². The van der Waals surface area contributed by atoms with Crippen LogP contribution in [0.2, 0.25) is 0 Å². The maximum absolute atomic E-state index is 12.4. The van der Waals surface area contributed by atoms with E-state index in [1.165, 1.54) is 0 Å². The molecule has 3 rings (SSSR count). The highest BCUT2D eigenvalue weighted by Gasteiger charge is 2.19. The quantitative estimate of drug-likeness (QED) is 0.642. The van der Waals surface area contributed by atoms with Gasteiger partial charge in [0, 0.05) is 5.56 Å². The van der Waals surface area contributed by atoms with Gasteiger partial charge in [-0.3, -0.25) is 4.79 Å². The number of ether oxygens (including phenoxy) is 2. The van der Waals surface area contributed by atoms with Crippen LogP contribution in [0.5, 0.6) is 11.5 Å². The Balaban J connectivity index is 1.56. The average Bonchev–Trinajstić information content (AvgIpc) is 3.20. The lowest BCUT2D eigenvalue weighted by molar-refractivity contribution is -0.128. The zero-order chi connectivity index (χ0) is 19.9. The van der Waals surface area contributed by atoms with Gasteiger partial charge in [0.05, 0.1) is 13.7 Å². The largest absolute Gasteiger partial charge is 0.497 e. The Morgan fingerprint density at radius 3 is 2.43 bits per heavy atom. The number of amides is 1. The third kappa shape index (κ3) is 4.88. The molecule has 0 bridgehead atoms. The Labute approximate surface area is 163 Å². The molecule has 0 aliphatic carbocycles. The van der Waals surface area contributed by atoms with Gasteiger partial charge in [-0.1, -0.05) is 41.9 Å². The van der Waals surface area contributed by atoms with E-state index in [0.29, 0.717) is 23.9 Å². The van der Waals surface area contributed by atoms with Gasteiger partial charge in [0.15, 0.2) is 6.10 Å². The summed E-state index contributed by atoms with van der Waals surface area (Å²) in [6, 6.07) is 14.9.